The molecule has 0 spiro atoms. The summed E-state index contributed by atoms with van der Waals surface area (Å²) in [5.41, 5.74) is 6.94. The minimum atomic E-state index is -0.230. The number of para-hydroxylation sites is 1. The second-order valence-corrected chi connectivity index (χ2v) is 6.84. The molecule has 0 unspecified atom stereocenters. The molecular formula is C18H14BrN3OS. The number of anilines is 1. The van der Waals surface area contributed by atoms with Crippen molar-refractivity contribution in [1.29, 1.82) is 0 Å². The van der Waals surface area contributed by atoms with E-state index in [0.29, 0.717) is 10.6 Å². The lowest BCUT2D eigenvalue weighted by atomic mass is 10.3. The molecule has 1 amide bonds. The normalized spacial score (nSPS) is 10.2. The molecule has 0 radical (unpaired) electrons. The van der Waals surface area contributed by atoms with Crippen molar-refractivity contribution in [2.45, 2.75) is 9.92 Å². The molecular weight excluding hydrogens is 386 g/mol. The van der Waals surface area contributed by atoms with Gasteiger partial charge in [-0.1, -0.05) is 45.9 Å². The predicted octanol–water partition coefficient (Wildman–Crippen LogP) is 4.75. The number of pyridine rings is 1. The minimum absolute atomic E-state index is 0.230. The number of amides is 1. The predicted molar refractivity (Wildman–Crippen MR) is 100 cm³/mol. The molecule has 2 aromatic carbocycles. The van der Waals surface area contributed by atoms with Crippen molar-refractivity contribution >= 4 is 39.3 Å². The van der Waals surface area contributed by atoms with Crippen LogP contribution < -0.4 is 10.9 Å². The van der Waals surface area contributed by atoms with Crippen molar-refractivity contribution in [3.63, 3.8) is 0 Å². The standard InChI is InChI=1S/C18H14BrN3OS/c19-13-8-10-15(11-9-13)24-18-16(7-4-12-20-18)17(23)22-21-14-5-2-1-3-6-14/h1-12,21H,(H,22,23). The molecule has 0 bridgehead atoms. The van der Waals surface area contributed by atoms with Crippen molar-refractivity contribution in [2.75, 3.05) is 5.43 Å². The van der Waals surface area contributed by atoms with E-state index >= 15 is 0 Å². The maximum Gasteiger partial charge on any atom is 0.272 e. The third-order valence-corrected chi connectivity index (χ3v) is 4.69. The zero-order valence-electron chi connectivity index (χ0n) is 12.6. The Kier molecular flexibility index (Phi) is 5.51. The third-order valence-electron chi connectivity index (χ3n) is 3.14. The Morgan fingerprint density at radius 2 is 1.71 bits per heavy atom. The van der Waals surface area contributed by atoms with Crippen molar-refractivity contribution in [1.82, 2.24) is 10.4 Å². The average Bonchev–Trinajstić information content (AvgIpc) is 2.63. The van der Waals surface area contributed by atoms with Gasteiger partial charge in [-0.15, -0.1) is 0 Å². The number of hydrogen-bond donors (Lipinski definition) is 2. The molecule has 0 saturated carbocycles. The maximum atomic E-state index is 12.4. The number of aromatic nitrogens is 1. The van der Waals surface area contributed by atoms with Crippen LogP contribution in [0.1, 0.15) is 10.4 Å². The number of rotatable bonds is 5. The van der Waals surface area contributed by atoms with Gasteiger partial charge in [-0.25, -0.2) is 4.98 Å². The number of hydrogen-bond acceptors (Lipinski definition) is 4. The third kappa shape index (κ3) is 4.37. The Bertz CT molecular complexity index is 825. The number of halogens is 1. The first-order valence-electron chi connectivity index (χ1n) is 7.22. The molecule has 0 aliphatic rings. The van der Waals surface area contributed by atoms with E-state index in [1.54, 1.807) is 18.3 Å². The molecule has 0 aliphatic carbocycles. The molecule has 0 fully saturated rings. The highest BCUT2D eigenvalue weighted by atomic mass is 79.9. The highest BCUT2D eigenvalue weighted by Gasteiger charge is 2.13. The molecule has 1 heterocycles. The van der Waals surface area contributed by atoms with E-state index in [2.05, 4.69) is 31.8 Å². The maximum absolute atomic E-state index is 12.4. The first-order valence-corrected chi connectivity index (χ1v) is 8.83. The van der Waals surface area contributed by atoms with E-state index in [0.717, 1.165) is 15.1 Å². The molecule has 1 aromatic heterocycles. The van der Waals surface area contributed by atoms with E-state index in [-0.39, 0.29) is 5.91 Å². The highest BCUT2D eigenvalue weighted by molar-refractivity contribution is 9.10. The second kappa shape index (κ2) is 7.99. The van der Waals surface area contributed by atoms with Crippen molar-refractivity contribution < 1.29 is 4.79 Å². The van der Waals surface area contributed by atoms with Crippen LogP contribution in [0.3, 0.4) is 0 Å². The summed E-state index contributed by atoms with van der Waals surface area (Å²) in [6.45, 7) is 0. The van der Waals surface area contributed by atoms with Gasteiger partial charge < -0.3 is 0 Å². The Hall–Kier alpha value is -2.31. The zero-order valence-corrected chi connectivity index (χ0v) is 15.0. The van der Waals surface area contributed by atoms with Gasteiger partial charge in [0.15, 0.2) is 0 Å². The molecule has 3 aromatic rings. The van der Waals surface area contributed by atoms with Gasteiger partial charge in [0.2, 0.25) is 0 Å². The SMILES string of the molecule is O=C(NNc1ccccc1)c1cccnc1Sc1ccc(Br)cc1. The number of benzene rings is 2. The Labute approximate surface area is 152 Å². The van der Waals surface area contributed by atoms with E-state index in [1.807, 2.05) is 54.6 Å². The Morgan fingerprint density at radius 1 is 0.958 bits per heavy atom. The first kappa shape index (κ1) is 16.5. The van der Waals surface area contributed by atoms with Gasteiger partial charge in [0, 0.05) is 15.6 Å². The smallest absolute Gasteiger partial charge is 0.272 e. The van der Waals surface area contributed by atoms with Crippen LogP contribution in [0.25, 0.3) is 0 Å². The van der Waals surface area contributed by atoms with Crippen molar-refractivity contribution in [3.05, 3.63) is 83.0 Å². The van der Waals surface area contributed by atoms with Crippen LogP contribution in [0.5, 0.6) is 0 Å². The van der Waals surface area contributed by atoms with E-state index in [4.69, 9.17) is 0 Å². The number of nitrogens with one attached hydrogen (secondary N) is 2. The van der Waals surface area contributed by atoms with Gasteiger partial charge >= 0.3 is 0 Å². The summed E-state index contributed by atoms with van der Waals surface area (Å²) in [7, 11) is 0. The lowest BCUT2D eigenvalue weighted by Crippen LogP contribution is -2.29. The summed E-state index contributed by atoms with van der Waals surface area (Å²) in [5, 5.41) is 0.659. The molecule has 0 atom stereocenters. The summed E-state index contributed by atoms with van der Waals surface area (Å²) in [5.74, 6) is -0.230. The molecule has 3 rings (SSSR count). The largest absolute Gasteiger partial charge is 0.298 e. The second-order valence-electron chi connectivity index (χ2n) is 4.86. The fourth-order valence-corrected chi connectivity index (χ4v) is 3.12. The van der Waals surface area contributed by atoms with Gasteiger partial charge in [-0.3, -0.25) is 15.6 Å². The molecule has 4 nitrogen and oxygen atoms in total. The van der Waals surface area contributed by atoms with E-state index < -0.39 is 0 Å². The molecule has 6 heteroatoms. The number of hydrazine groups is 1. The molecule has 120 valence electrons. The fraction of sp³-hybridized carbons (Fsp3) is 0. The van der Waals surface area contributed by atoms with Crippen LogP contribution in [-0.2, 0) is 0 Å². The minimum Gasteiger partial charge on any atom is -0.298 e. The van der Waals surface area contributed by atoms with Gasteiger partial charge in [0.05, 0.1) is 11.3 Å². The summed E-state index contributed by atoms with van der Waals surface area (Å²) in [6, 6.07) is 20.9. The summed E-state index contributed by atoms with van der Waals surface area (Å²) < 4.78 is 1.01. The van der Waals surface area contributed by atoms with Crippen LogP contribution in [-0.4, -0.2) is 10.9 Å². The average molecular weight is 400 g/mol. The van der Waals surface area contributed by atoms with E-state index in [9.17, 15) is 4.79 Å². The fourth-order valence-electron chi connectivity index (χ4n) is 1.98. The van der Waals surface area contributed by atoms with Crippen LogP contribution in [0, 0.1) is 0 Å². The molecule has 0 aliphatic heterocycles. The summed E-state index contributed by atoms with van der Waals surface area (Å²) in [6.07, 6.45) is 1.68. The number of carbonyl (C=O) groups is 1. The van der Waals surface area contributed by atoms with E-state index in [1.165, 1.54) is 11.8 Å². The Balaban J connectivity index is 1.73. The topological polar surface area (TPSA) is 54.0 Å². The molecule has 2 N–H and O–H groups in total. The zero-order chi connectivity index (χ0) is 16.8. The van der Waals surface area contributed by atoms with Crippen LogP contribution >= 0.6 is 27.7 Å². The Morgan fingerprint density at radius 3 is 2.46 bits per heavy atom. The number of nitrogens with zero attached hydrogens (tertiary/aromatic N) is 1. The van der Waals surface area contributed by atoms with Crippen LogP contribution in [0.15, 0.2) is 87.3 Å². The lowest BCUT2D eigenvalue weighted by molar-refractivity contribution is 0.0959. The van der Waals surface area contributed by atoms with Crippen LogP contribution in [0.2, 0.25) is 0 Å². The van der Waals surface area contributed by atoms with Gasteiger partial charge in [-0.05, 0) is 48.5 Å². The lowest BCUT2D eigenvalue weighted by Gasteiger charge is -2.11. The van der Waals surface area contributed by atoms with Crippen LogP contribution in [0.4, 0.5) is 5.69 Å². The van der Waals surface area contributed by atoms with Gasteiger partial charge in [0.1, 0.15) is 5.03 Å². The van der Waals surface area contributed by atoms with Gasteiger partial charge in [-0.2, -0.15) is 0 Å². The molecule has 24 heavy (non-hydrogen) atoms. The molecule has 0 saturated heterocycles. The quantitative estimate of drug-likeness (QED) is 0.607. The number of carbonyl (C=O) groups excluding carboxylic acids is 1. The van der Waals surface area contributed by atoms with Crippen molar-refractivity contribution in [3.8, 4) is 0 Å². The van der Waals surface area contributed by atoms with Crippen molar-refractivity contribution in [2.24, 2.45) is 0 Å². The summed E-state index contributed by atoms with van der Waals surface area (Å²) in [4.78, 5) is 17.8. The first-order chi connectivity index (χ1) is 11.7. The van der Waals surface area contributed by atoms with Gasteiger partial charge in [0.25, 0.3) is 5.91 Å². The monoisotopic (exact) mass is 399 g/mol. The highest BCUT2D eigenvalue weighted by Crippen LogP contribution is 2.29. The summed E-state index contributed by atoms with van der Waals surface area (Å²) >= 11 is 4.87.